The van der Waals surface area contributed by atoms with Crippen LogP contribution in [0.1, 0.15) is 0 Å². The van der Waals surface area contributed by atoms with E-state index < -0.39 is 0 Å². The van der Waals surface area contributed by atoms with Crippen molar-refractivity contribution in [3.8, 4) is 11.1 Å². The van der Waals surface area contributed by atoms with Crippen LogP contribution in [-0.4, -0.2) is 0 Å². The molecule has 4 rings (SSSR count). The zero-order chi connectivity index (χ0) is 15.1. The molecule has 4 aromatic carbocycles. The smallest absolute Gasteiger partial charge is 0.0475 e. The van der Waals surface area contributed by atoms with Gasteiger partial charge in [0.15, 0.2) is 0 Å². The second-order valence-electron chi connectivity index (χ2n) is 5.50. The molecule has 0 unspecified atom stereocenters. The van der Waals surface area contributed by atoms with Gasteiger partial charge in [0, 0.05) is 32.9 Å². The Bertz CT molecular complexity index is 989. The lowest BCUT2D eigenvalue weighted by molar-refractivity contribution is 1.65. The molecule has 106 valence electrons. The van der Waals surface area contributed by atoms with E-state index in [0.29, 0.717) is 0 Å². The minimum absolute atomic E-state index is 0.789. The van der Waals surface area contributed by atoms with Crippen molar-refractivity contribution in [2.45, 2.75) is 0 Å². The van der Waals surface area contributed by atoms with Gasteiger partial charge >= 0.3 is 0 Å². The Morgan fingerprint density at radius 2 is 1.00 bits per heavy atom. The molecule has 0 aliphatic rings. The zero-order valence-corrected chi connectivity index (χ0v) is 12.1. The molecule has 2 nitrogen and oxygen atoms in total. The Kier molecular flexibility index (Phi) is 2.76. The molecule has 0 amide bonds. The van der Waals surface area contributed by atoms with Gasteiger partial charge in [-0.1, -0.05) is 66.7 Å². The lowest BCUT2D eigenvalue weighted by Gasteiger charge is -2.13. The maximum absolute atomic E-state index is 6.41. The van der Waals surface area contributed by atoms with Gasteiger partial charge in [0.05, 0.1) is 0 Å². The highest BCUT2D eigenvalue weighted by Crippen LogP contribution is 2.38. The fourth-order valence-electron chi connectivity index (χ4n) is 3.06. The molecule has 0 atom stereocenters. The van der Waals surface area contributed by atoms with Crippen LogP contribution in [0.15, 0.2) is 72.8 Å². The summed E-state index contributed by atoms with van der Waals surface area (Å²) in [7, 11) is 0. The quantitative estimate of drug-likeness (QED) is 0.299. The summed E-state index contributed by atoms with van der Waals surface area (Å²) in [4.78, 5) is 0. The monoisotopic (exact) mass is 284 g/mol. The first-order chi connectivity index (χ1) is 10.8. The fraction of sp³-hybridized carbons (Fsp3) is 0. The van der Waals surface area contributed by atoms with Gasteiger partial charge < -0.3 is 11.5 Å². The molecule has 2 heteroatoms. The Morgan fingerprint density at radius 3 is 1.68 bits per heavy atom. The second-order valence-corrected chi connectivity index (χ2v) is 5.50. The van der Waals surface area contributed by atoms with Crippen molar-refractivity contribution in [2.24, 2.45) is 0 Å². The molecule has 0 spiro atoms. The van der Waals surface area contributed by atoms with Crippen molar-refractivity contribution in [3.05, 3.63) is 72.8 Å². The molecule has 0 aliphatic carbocycles. The third-order valence-electron chi connectivity index (χ3n) is 4.21. The maximum Gasteiger partial charge on any atom is 0.0475 e. The number of benzene rings is 4. The molecule has 0 bridgehead atoms. The van der Waals surface area contributed by atoms with Gasteiger partial charge in [0.1, 0.15) is 0 Å². The molecule has 4 N–H and O–H groups in total. The van der Waals surface area contributed by atoms with E-state index >= 15 is 0 Å². The number of nitrogen functional groups attached to an aromatic ring is 2. The third kappa shape index (κ3) is 1.81. The normalized spacial score (nSPS) is 11.1. The highest BCUT2D eigenvalue weighted by atomic mass is 14.6. The van der Waals surface area contributed by atoms with Crippen molar-refractivity contribution in [1.29, 1.82) is 0 Å². The van der Waals surface area contributed by atoms with Crippen molar-refractivity contribution in [2.75, 3.05) is 11.5 Å². The Labute approximate surface area is 129 Å². The van der Waals surface area contributed by atoms with Gasteiger partial charge in [-0.3, -0.25) is 0 Å². The van der Waals surface area contributed by atoms with E-state index in [1.165, 1.54) is 5.56 Å². The van der Waals surface area contributed by atoms with E-state index in [9.17, 15) is 0 Å². The third-order valence-corrected chi connectivity index (χ3v) is 4.21. The largest absolute Gasteiger partial charge is 0.398 e. The maximum atomic E-state index is 6.41. The van der Waals surface area contributed by atoms with Gasteiger partial charge in [0.2, 0.25) is 0 Å². The molecule has 0 saturated heterocycles. The number of nitrogens with two attached hydrogens (primary N) is 2. The summed E-state index contributed by atoms with van der Waals surface area (Å²) in [5.41, 5.74) is 16.7. The average molecular weight is 284 g/mol. The number of rotatable bonds is 1. The highest BCUT2D eigenvalue weighted by Gasteiger charge is 2.10. The van der Waals surface area contributed by atoms with Crippen molar-refractivity contribution in [1.82, 2.24) is 0 Å². The SMILES string of the molecule is Nc1c2ccccc2c(N)c2cc(-c3ccccc3)ccc12. The second kappa shape index (κ2) is 4.78. The van der Waals surface area contributed by atoms with Crippen LogP contribution in [0, 0.1) is 0 Å². The van der Waals surface area contributed by atoms with E-state index in [0.717, 1.165) is 38.5 Å². The molecule has 0 aliphatic heterocycles. The van der Waals surface area contributed by atoms with Crippen LogP contribution in [0.5, 0.6) is 0 Å². The number of fused-ring (bicyclic) bond motifs is 2. The highest BCUT2D eigenvalue weighted by molar-refractivity contribution is 6.18. The predicted octanol–water partition coefficient (Wildman–Crippen LogP) is 4.82. The molecule has 0 saturated carbocycles. The molecule has 4 aromatic rings. The topological polar surface area (TPSA) is 52.0 Å². The first kappa shape index (κ1) is 12.7. The molecule has 0 aromatic heterocycles. The lowest BCUT2D eigenvalue weighted by Crippen LogP contribution is -1.96. The Morgan fingerprint density at radius 1 is 0.455 bits per heavy atom. The summed E-state index contributed by atoms with van der Waals surface area (Å²) in [6.07, 6.45) is 0. The molecule has 0 fully saturated rings. The standard InChI is InChI=1S/C20H16N2/c21-19-15-8-4-5-9-16(15)20(22)18-12-14(10-11-17(18)19)13-6-2-1-3-7-13/h1-12H,21-22H2. The minimum atomic E-state index is 0.789. The van der Waals surface area contributed by atoms with Crippen LogP contribution in [0.3, 0.4) is 0 Å². The molecule has 0 heterocycles. The van der Waals surface area contributed by atoms with Crippen LogP contribution in [-0.2, 0) is 0 Å². The van der Waals surface area contributed by atoms with E-state index in [-0.39, 0.29) is 0 Å². The number of anilines is 2. The Balaban J connectivity index is 2.08. The summed E-state index contributed by atoms with van der Waals surface area (Å²) < 4.78 is 0. The van der Waals surface area contributed by atoms with Crippen molar-refractivity contribution >= 4 is 32.9 Å². The van der Waals surface area contributed by atoms with Crippen LogP contribution in [0.2, 0.25) is 0 Å². The summed E-state index contributed by atoms with van der Waals surface area (Å²) in [5.74, 6) is 0. The van der Waals surface area contributed by atoms with Crippen molar-refractivity contribution in [3.63, 3.8) is 0 Å². The number of hydrogen-bond donors (Lipinski definition) is 2. The van der Waals surface area contributed by atoms with Gasteiger partial charge in [-0.15, -0.1) is 0 Å². The predicted molar refractivity (Wildman–Crippen MR) is 95.7 cm³/mol. The van der Waals surface area contributed by atoms with E-state index in [1.54, 1.807) is 0 Å². The van der Waals surface area contributed by atoms with E-state index in [1.807, 2.05) is 42.5 Å². The van der Waals surface area contributed by atoms with E-state index in [2.05, 4.69) is 30.3 Å². The first-order valence-electron chi connectivity index (χ1n) is 7.30. The van der Waals surface area contributed by atoms with Crippen molar-refractivity contribution < 1.29 is 0 Å². The lowest BCUT2D eigenvalue weighted by atomic mass is 9.95. The first-order valence-corrected chi connectivity index (χ1v) is 7.30. The van der Waals surface area contributed by atoms with Gasteiger partial charge in [-0.05, 0) is 17.2 Å². The minimum Gasteiger partial charge on any atom is -0.398 e. The molecule has 0 radical (unpaired) electrons. The summed E-state index contributed by atoms with van der Waals surface area (Å²) in [6, 6.07) is 24.6. The van der Waals surface area contributed by atoms with Gasteiger partial charge in [-0.2, -0.15) is 0 Å². The Hall–Kier alpha value is -3.00. The average Bonchev–Trinajstić information content (AvgIpc) is 2.60. The van der Waals surface area contributed by atoms with Crippen LogP contribution >= 0.6 is 0 Å². The summed E-state index contributed by atoms with van der Waals surface area (Å²) >= 11 is 0. The van der Waals surface area contributed by atoms with Crippen LogP contribution < -0.4 is 11.5 Å². The molecular formula is C20H16N2. The fourth-order valence-corrected chi connectivity index (χ4v) is 3.06. The zero-order valence-electron chi connectivity index (χ0n) is 12.1. The van der Waals surface area contributed by atoms with Crippen LogP contribution in [0.25, 0.3) is 32.7 Å². The molecular weight excluding hydrogens is 268 g/mol. The van der Waals surface area contributed by atoms with Crippen LogP contribution in [0.4, 0.5) is 11.4 Å². The van der Waals surface area contributed by atoms with E-state index in [4.69, 9.17) is 11.5 Å². The van der Waals surface area contributed by atoms with Gasteiger partial charge in [0.25, 0.3) is 0 Å². The summed E-state index contributed by atoms with van der Waals surface area (Å²) in [5, 5.41) is 4.05. The number of hydrogen-bond acceptors (Lipinski definition) is 2. The van der Waals surface area contributed by atoms with Gasteiger partial charge in [-0.25, -0.2) is 0 Å². The molecule has 22 heavy (non-hydrogen) atoms. The summed E-state index contributed by atoms with van der Waals surface area (Å²) in [6.45, 7) is 0.